The Hall–Kier alpha value is -2.69. The molecule has 3 aromatic rings. The lowest BCUT2D eigenvalue weighted by atomic mass is 10.2. The SMILES string of the molecule is Cc1c(-n2ccnc2)cnn(-c2ccccc2)c1=O. The lowest BCUT2D eigenvalue weighted by molar-refractivity contribution is 0.784. The van der Waals surface area contributed by atoms with Gasteiger partial charge in [-0.3, -0.25) is 4.79 Å². The third-order valence-electron chi connectivity index (χ3n) is 2.98. The van der Waals surface area contributed by atoms with E-state index in [-0.39, 0.29) is 5.56 Å². The van der Waals surface area contributed by atoms with Crippen LogP contribution in [0, 0.1) is 6.92 Å². The predicted molar refractivity (Wildman–Crippen MR) is 71.7 cm³/mol. The molecular formula is C14H12N4O. The van der Waals surface area contributed by atoms with E-state index >= 15 is 0 Å². The molecule has 0 fully saturated rings. The van der Waals surface area contributed by atoms with Gasteiger partial charge >= 0.3 is 0 Å². The van der Waals surface area contributed by atoms with Crippen LogP contribution in [0.15, 0.2) is 60.0 Å². The first-order chi connectivity index (χ1) is 9.27. The molecule has 0 bridgehead atoms. The van der Waals surface area contributed by atoms with Gasteiger partial charge in [-0.15, -0.1) is 0 Å². The van der Waals surface area contributed by atoms with Gasteiger partial charge < -0.3 is 4.57 Å². The van der Waals surface area contributed by atoms with Crippen molar-refractivity contribution in [3.63, 3.8) is 0 Å². The molecule has 0 radical (unpaired) electrons. The number of aromatic nitrogens is 4. The summed E-state index contributed by atoms with van der Waals surface area (Å²) in [6, 6.07) is 9.36. The van der Waals surface area contributed by atoms with Crippen LogP contribution in [0.3, 0.4) is 0 Å². The Balaban J connectivity index is 2.17. The lowest BCUT2D eigenvalue weighted by Crippen LogP contribution is -2.24. The molecule has 1 aromatic carbocycles. The average Bonchev–Trinajstić information content (AvgIpc) is 2.97. The van der Waals surface area contributed by atoms with Crippen molar-refractivity contribution in [2.45, 2.75) is 6.92 Å². The Kier molecular flexibility index (Phi) is 2.72. The van der Waals surface area contributed by atoms with Gasteiger partial charge in [-0.05, 0) is 19.1 Å². The van der Waals surface area contributed by atoms with E-state index in [1.165, 1.54) is 4.68 Å². The maximum atomic E-state index is 12.4. The standard InChI is InChI=1S/C14H12N4O/c1-11-13(17-8-7-15-10-17)9-16-18(14(11)19)12-5-3-2-4-6-12/h2-10H,1H3. The highest BCUT2D eigenvalue weighted by atomic mass is 16.1. The molecular weight excluding hydrogens is 240 g/mol. The third-order valence-corrected chi connectivity index (χ3v) is 2.98. The van der Waals surface area contributed by atoms with E-state index in [0.29, 0.717) is 5.56 Å². The Labute approximate surface area is 109 Å². The van der Waals surface area contributed by atoms with Gasteiger partial charge in [0.25, 0.3) is 5.56 Å². The average molecular weight is 252 g/mol. The second-order valence-electron chi connectivity index (χ2n) is 4.18. The number of imidazole rings is 1. The second-order valence-corrected chi connectivity index (χ2v) is 4.18. The van der Waals surface area contributed by atoms with Gasteiger partial charge in [-0.1, -0.05) is 18.2 Å². The second kappa shape index (κ2) is 4.53. The highest BCUT2D eigenvalue weighted by molar-refractivity contribution is 5.39. The van der Waals surface area contributed by atoms with E-state index in [9.17, 15) is 4.79 Å². The first-order valence-electron chi connectivity index (χ1n) is 5.90. The molecule has 0 spiro atoms. The van der Waals surface area contributed by atoms with Gasteiger partial charge in [-0.25, -0.2) is 4.98 Å². The molecule has 5 heteroatoms. The summed E-state index contributed by atoms with van der Waals surface area (Å²) in [4.78, 5) is 16.3. The fourth-order valence-electron chi connectivity index (χ4n) is 1.95. The Bertz CT molecular complexity index is 745. The molecule has 5 nitrogen and oxygen atoms in total. The topological polar surface area (TPSA) is 52.7 Å². The molecule has 0 amide bonds. The van der Waals surface area contributed by atoms with Crippen LogP contribution in [0.4, 0.5) is 0 Å². The lowest BCUT2D eigenvalue weighted by Gasteiger charge is -2.09. The van der Waals surface area contributed by atoms with E-state index in [4.69, 9.17) is 0 Å². The number of hydrogen-bond donors (Lipinski definition) is 0. The van der Waals surface area contributed by atoms with Crippen LogP contribution in [-0.2, 0) is 0 Å². The fraction of sp³-hybridized carbons (Fsp3) is 0.0714. The first kappa shape index (κ1) is 11.4. The van der Waals surface area contributed by atoms with Crippen LogP contribution in [0.25, 0.3) is 11.4 Å². The van der Waals surface area contributed by atoms with Crippen molar-refractivity contribution in [1.82, 2.24) is 19.3 Å². The van der Waals surface area contributed by atoms with E-state index in [1.54, 1.807) is 36.4 Å². The van der Waals surface area contributed by atoms with Crippen molar-refractivity contribution in [1.29, 1.82) is 0 Å². The summed E-state index contributed by atoms with van der Waals surface area (Å²) < 4.78 is 3.18. The molecule has 0 atom stereocenters. The van der Waals surface area contributed by atoms with Gasteiger partial charge in [0.1, 0.15) is 0 Å². The quantitative estimate of drug-likeness (QED) is 0.698. The van der Waals surface area contributed by atoms with Crippen molar-refractivity contribution >= 4 is 0 Å². The van der Waals surface area contributed by atoms with E-state index in [2.05, 4.69) is 10.1 Å². The van der Waals surface area contributed by atoms with Gasteiger partial charge in [0.15, 0.2) is 0 Å². The number of para-hydroxylation sites is 1. The van der Waals surface area contributed by atoms with Crippen LogP contribution in [0.2, 0.25) is 0 Å². The van der Waals surface area contributed by atoms with Crippen LogP contribution in [-0.4, -0.2) is 19.3 Å². The smallest absolute Gasteiger partial charge is 0.276 e. The monoisotopic (exact) mass is 252 g/mol. The summed E-state index contributed by atoms with van der Waals surface area (Å²) in [5.41, 5.74) is 2.01. The molecule has 19 heavy (non-hydrogen) atoms. The van der Waals surface area contributed by atoms with Crippen molar-refractivity contribution in [2.75, 3.05) is 0 Å². The summed E-state index contributed by atoms with van der Waals surface area (Å²) in [6.45, 7) is 1.79. The van der Waals surface area contributed by atoms with Crippen molar-refractivity contribution in [2.24, 2.45) is 0 Å². The zero-order valence-electron chi connectivity index (χ0n) is 10.4. The molecule has 0 aliphatic rings. The van der Waals surface area contributed by atoms with Gasteiger partial charge in [-0.2, -0.15) is 9.78 Å². The van der Waals surface area contributed by atoms with Gasteiger partial charge in [0.2, 0.25) is 0 Å². The van der Waals surface area contributed by atoms with E-state index in [0.717, 1.165) is 11.4 Å². The van der Waals surface area contributed by atoms with E-state index in [1.807, 2.05) is 30.3 Å². The number of hydrogen-bond acceptors (Lipinski definition) is 3. The molecule has 0 unspecified atom stereocenters. The summed E-state index contributed by atoms with van der Waals surface area (Å²) in [7, 11) is 0. The molecule has 0 aliphatic carbocycles. The van der Waals surface area contributed by atoms with Crippen LogP contribution < -0.4 is 5.56 Å². The highest BCUT2D eigenvalue weighted by Gasteiger charge is 2.09. The minimum Gasteiger partial charge on any atom is -0.304 e. The van der Waals surface area contributed by atoms with Crippen molar-refractivity contribution in [3.05, 3.63) is 71.2 Å². The largest absolute Gasteiger partial charge is 0.304 e. The molecule has 94 valence electrons. The molecule has 2 heterocycles. The number of benzene rings is 1. The summed E-state index contributed by atoms with van der Waals surface area (Å²) >= 11 is 0. The normalized spacial score (nSPS) is 10.6. The molecule has 0 saturated carbocycles. The predicted octanol–water partition coefficient (Wildman–Crippen LogP) is 1.73. The number of nitrogens with zero attached hydrogens (tertiary/aromatic N) is 4. The molecule has 0 N–H and O–H groups in total. The summed E-state index contributed by atoms with van der Waals surface area (Å²) in [6.07, 6.45) is 6.78. The van der Waals surface area contributed by atoms with Gasteiger partial charge in [0.05, 0.1) is 23.9 Å². The highest BCUT2D eigenvalue weighted by Crippen LogP contribution is 2.09. The molecule has 3 rings (SSSR count). The number of rotatable bonds is 2. The van der Waals surface area contributed by atoms with Crippen LogP contribution >= 0.6 is 0 Å². The minimum atomic E-state index is -0.127. The zero-order chi connectivity index (χ0) is 13.2. The summed E-state index contributed by atoms with van der Waals surface area (Å²) in [5, 5.41) is 4.22. The maximum Gasteiger partial charge on any atom is 0.276 e. The Morgan fingerprint density at radius 1 is 1.16 bits per heavy atom. The fourth-order valence-corrected chi connectivity index (χ4v) is 1.95. The summed E-state index contributed by atoms with van der Waals surface area (Å²) in [5.74, 6) is 0. The molecule has 2 aromatic heterocycles. The Morgan fingerprint density at radius 2 is 1.95 bits per heavy atom. The van der Waals surface area contributed by atoms with Crippen molar-refractivity contribution < 1.29 is 0 Å². The zero-order valence-corrected chi connectivity index (χ0v) is 10.4. The minimum absolute atomic E-state index is 0.127. The van der Waals surface area contributed by atoms with E-state index < -0.39 is 0 Å². The third kappa shape index (κ3) is 1.95. The molecule has 0 saturated heterocycles. The van der Waals surface area contributed by atoms with Gasteiger partial charge in [0, 0.05) is 18.0 Å². The maximum absolute atomic E-state index is 12.4. The molecule has 0 aliphatic heterocycles. The van der Waals surface area contributed by atoms with Crippen LogP contribution in [0.5, 0.6) is 0 Å². The Morgan fingerprint density at radius 3 is 2.63 bits per heavy atom. The first-order valence-corrected chi connectivity index (χ1v) is 5.90. The van der Waals surface area contributed by atoms with Crippen molar-refractivity contribution in [3.8, 4) is 11.4 Å². The van der Waals surface area contributed by atoms with Crippen LogP contribution in [0.1, 0.15) is 5.56 Å².